The van der Waals surface area contributed by atoms with E-state index >= 15 is 0 Å². The zero-order valence-electron chi connectivity index (χ0n) is 19.5. The second-order valence-electron chi connectivity index (χ2n) is 8.24. The molecule has 3 atom stereocenters. The molecular weight excluding hydrogens is 551 g/mol. The first-order valence-electron chi connectivity index (χ1n) is 11.2. The number of fused-ring (bicyclic) bond motifs is 3. The molecule has 6 N–H and O–H groups in total. The molecule has 3 unspecified atom stereocenters. The van der Waals surface area contributed by atoms with Gasteiger partial charge in [-0.1, -0.05) is 61.4 Å². The Morgan fingerprint density at radius 1 is 0.838 bits per heavy atom. The molecule has 0 radical (unpaired) electrons. The molecule has 0 aromatic heterocycles. The highest BCUT2D eigenvalue weighted by Crippen LogP contribution is 2.66. The van der Waals surface area contributed by atoms with Gasteiger partial charge in [-0.25, -0.2) is 13.7 Å². The van der Waals surface area contributed by atoms with E-state index < -0.39 is 35.5 Å². The van der Waals surface area contributed by atoms with Crippen molar-refractivity contribution in [1.29, 1.82) is 0 Å². The van der Waals surface area contributed by atoms with Crippen molar-refractivity contribution < 1.29 is 55.9 Å². The van der Waals surface area contributed by atoms with Crippen LogP contribution < -0.4 is 5.73 Å². The molecule has 2 aromatic carbocycles. The van der Waals surface area contributed by atoms with Crippen LogP contribution in [0.25, 0.3) is 11.1 Å². The minimum atomic E-state index is -5.54. The number of hydrogen-bond donors (Lipinski definition) is 5. The summed E-state index contributed by atoms with van der Waals surface area (Å²) in [6.07, 6.45) is 1.34. The zero-order chi connectivity index (χ0) is 27.3. The number of phosphoric ester groups is 1. The molecule has 13 nitrogen and oxygen atoms in total. The van der Waals surface area contributed by atoms with Gasteiger partial charge in [-0.3, -0.25) is 9.32 Å². The van der Waals surface area contributed by atoms with E-state index in [9.17, 15) is 23.4 Å². The molecule has 0 amide bonds. The first-order chi connectivity index (χ1) is 17.3. The lowest BCUT2D eigenvalue weighted by atomic mass is 9.98. The Bertz CT molecular complexity index is 1200. The highest BCUT2D eigenvalue weighted by molar-refractivity contribution is 7.66. The van der Waals surface area contributed by atoms with Gasteiger partial charge in [-0.05, 0) is 35.1 Å². The zero-order valence-corrected chi connectivity index (χ0v) is 22.2. The summed E-state index contributed by atoms with van der Waals surface area (Å²) < 4.78 is 50.8. The fourth-order valence-corrected chi connectivity index (χ4v) is 7.01. The number of ether oxygens (including phenoxy) is 1. The van der Waals surface area contributed by atoms with Gasteiger partial charge >= 0.3 is 29.4 Å². The summed E-state index contributed by atoms with van der Waals surface area (Å²) in [7, 11) is -16.1. The molecule has 2 aromatic rings. The van der Waals surface area contributed by atoms with Crippen molar-refractivity contribution in [2.75, 3.05) is 13.2 Å². The number of carbonyl (C=O) groups is 1. The summed E-state index contributed by atoms with van der Waals surface area (Å²) >= 11 is 0. The Labute approximate surface area is 213 Å². The van der Waals surface area contributed by atoms with Gasteiger partial charge in [-0.2, -0.15) is 8.62 Å². The van der Waals surface area contributed by atoms with Crippen LogP contribution in [-0.4, -0.2) is 44.8 Å². The maximum Gasteiger partial charge on any atom is 0.490 e. The SMILES string of the molecule is NC(CCCCCOP(=O)(O)OP(=O)(O)OP(=O)(O)O)C(=O)OCC1c2ccccc2-c2ccccc21. The first-order valence-corrected chi connectivity index (χ1v) is 15.7. The van der Waals surface area contributed by atoms with E-state index in [0.717, 1.165) is 22.3 Å². The summed E-state index contributed by atoms with van der Waals surface area (Å²) in [6.45, 7) is -0.232. The lowest BCUT2D eigenvalue weighted by molar-refractivity contribution is -0.145. The number of hydrogen-bond acceptors (Lipinski definition) is 9. The maximum absolute atomic E-state index is 12.4. The van der Waals surface area contributed by atoms with E-state index in [0.29, 0.717) is 12.8 Å². The number of benzene rings is 2. The molecule has 1 aliphatic carbocycles. The largest absolute Gasteiger partial charge is 0.490 e. The summed E-state index contributed by atoms with van der Waals surface area (Å²) in [5, 5.41) is 0. The Kier molecular flexibility index (Phi) is 10.0. The fourth-order valence-electron chi connectivity index (χ4n) is 3.96. The predicted octanol–water partition coefficient (Wildman–Crippen LogP) is 3.57. The highest BCUT2D eigenvalue weighted by atomic mass is 31.3. The van der Waals surface area contributed by atoms with Gasteiger partial charge in [0.1, 0.15) is 12.6 Å². The molecule has 37 heavy (non-hydrogen) atoms. The van der Waals surface area contributed by atoms with Crippen molar-refractivity contribution in [1.82, 2.24) is 0 Å². The van der Waals surface area contributed by atoms with E-state index in [1.165, 1.54) is 0 Å². The van der Waals surface area contributed by atoms with Crippen LogP contribution in [0.15, 0.2) is 48.5 Å². The van der Waals surface area contributed by atoms with E-state index in [-0.39, 0.29) is 32.0 Å². The molecule has 0 saturated heterocycles. The maximum atomic E-state index is 12.4. The molecule has 3 rings (SSSR count). The van der Waals surface area contributed by atoms with Crippen molar-refractivity contribution in [2.24, 2.45) is 5.73 Å². The number of rotatable bonds is 14. The summed E-state index contributed by atoms with van der Waals surface area (Å²) in [5.74, 6) is -0.631. The van der Waals surface area contributed by atoms with E-state index in [1.54, 1.807) is 0 Å². The van der Waals surface area contributed by atoms with Gasteiger partial charge in [0.2, 0.25) is 0 Å². The average Bonchev–Trinajstić information content (AvgIpc) is 3.11. The van der Waals surface area contributed by atoms with Crippen LogP contribution in [-0.2, 0) is 36.4 Å². The second kappa shape index (κ2) is 12.4. The van der Waals surface area contributed by atoms with Crippen LogP contribution >= 0.6 is 23.5 Å². The van der Waals surface area contributed by atoms with E-state index in [2.05, 4.69) is 13.1 Å². The first kappa shape index (κ1) is 29.8. The second-order valence-corrected chi connectivity index (χ2v) is 12.7. The van der Waals surface area contributed by atoms with Crippen LogP contribution in [0.1, 0.15) is 42.7 Å². The van der Waals surface area contributed by atoms with Crippen LogP contribution in [0, 0.1) is 0 Å². The minimum Gasteiger partial charge on any atom is -0.464 e. The van der Waals surface area contributed by atoms with Gasteiger partial charge in [0.05, 0.1) is 6.61 Å². The average molecular weight is 579 g/mol. The molecule has 0 saturated carbocycles. The number of carbonyl (C=O) groups excluding carboxylic acids is 1. The monoisotopic (exact) mass is 579 g/mol. The van der Waals surface area contributed by atoms with Gasteiger partial charge in [0.25, 0.3) is 0 Å². The highest BCUT2D eigenvalue weighted by Gasteiger charge is 2.40. The quantitative estimate of drug-likeness (QED) is 0.123. The molecule has 204 valence electrons. The van der Waals surface area contributed by atoms with Gasteiger partial charge in [0.15, 0.2) is 0 Å². The molecule has 1 aliphatic rings. The van der Waals surface area contributed by atoms with E-state index in [4.69, 9.17) is 25.2 Å². The molecule has 16 heteroatoms. The van der Waals surface area contributed by atoms with Gasteiger partial charge in [0, 0.05) is 5.92 Å². The van der Waals surface area contributed by atoms with Gasteiger partial charge < -0.3 is 30.0 Å². The predicted molar refractivity (Wildman–Crippen MR) is 131 cm³/mol. The smallest absolute Gasteiger partial charge is 0.464 e. The van der Waals surface area contributed by atoms with Crippen LogP contribution in [0.4, 0.5) is 0 Å². The lowest BCUT2D eigenvalue weighted by Gasteiger charge is -2.17. The number of esters is 1. The Morgan fingerprint density at radius 3 is 1.97 bits per heavy atom. The third-order valence-electron chi connectivity index (χ3n) is 5.49. The molecular formula is C21H28NO12P3. The van der Waals surface area contributed by atoms with Crippen LogP contribution in [0.5, 0.6) is 0 Å². The lowest BCUT2D eigenvalue weighted by Crippen LogP contribution is -2.33. The topological polar surface area (TPSA) is 212 Å². The molecule has 0 bridgehead atoms. The minimum absolute atomic E-state index is 0.0848. The summed E-state index contributed by atoms with van der Waals surface area (Å²) in [6, 6.07) is 15.0. The third-order valence-corrected chi connectivity index (χ3v) is 9.32. The molecule has 0 aliphatic heterocycles. The van der Waals surface area contributed by atoms with Crippen LogP contribution in [0.3, 0.4) is 0 Å². The molecule has 0 spiro atoms. The fraction of sp³-hybridized carbons (Fsp3) is 0.381. The van der Waals surface area contributed by atoms with Crippen molar-refractivity contribution >= 4 is 29.4 Å². The number of phosphoric acid groups is 3. The Morgan fingerprint density at radius 2 is 1.41 bits per heavy atom. The molecule has 0 fully saturated rings. The van der Waals surface area contributed by atoms with E-state index in [1.807, 2.05) is 48.5 Å². The Balaban J connectivity index is 1.37. The van der Waals surface area contributed by atoms with Crippen LogP contribution in [0.2, 0.25) is 0 Å². The number of nitrogens with two attached hydrogens (primary N) is 1. The van der Waals surface area contributed by atoms with Crippen molar-refractivity contribution in [3.05, 3.63) is 59.7 Å². The van der Waals surface area contributed by atoms with Crippen molar-refractivity contribution in [2.45, 2.75) is 37.6 Å². The van der Waals surface area contributed by atoms with Gasteiger partial charge in [-0.15, -0.1) is 0 Å². The third kappa shape index (κ3) is 8.92. The van der Waals surface area contributed by atoms with Crippen molar-refractivity contribution in [3.8, 4) is 11.1 Å². The van der Waals surface area contributed by atoms with Crippen molar-refractivity contribution in [3.63, 3.8) is 0 Å². The Hall–Kier alpha value is -1.72. The normalized spacial score (nSPS) is 17.3. The summed E-state index contributed by atoms with van der Waals surface area (Å²) in [5.41, 5.74) is 10.3. The summed E-state index contributed by atoms with van der Waals surface area (Å²) in [4.78, 5) is 47.9. The molecule has 0 heterocycles. The standard InChI is InChI=1S/C21H28NO12P3/c22-20(12-2-1-7-13-32-36(27,28)34-37(29,30)33-35(24,25)26)21(23)31-14-19-17-10-5-3-8-15(17)16-9-4-6-11-18(16)19/h3-6,8-11,19-20H,1-2,7,12-14,22H2,(H,27,28)(H,29,30)(H2,24,25,26). The number of unbranched alkanes of at least 4 members (excludes halogenated alkanes) is 2.